The van der Waals surface area contributed by atoms with Gasteiger partial charge < -0.3 is 19.8 Å². The van der Waals surface area contributed by atoms with E-state index in [1.165, 1.54) is 12.3 Å². The van der Waals surface area contributed by atoms with E-state index in [-0.39, 0.29) is 11.6 Å². The summed E-state index contributed by atoms with van der Waals surface area (Å²) in [6, 6.07) is 19.9. The molecule has 0 fully saturated rings. The van der Waals surface area contributed by atoms with E-state index in [9.17, 15) is 9.59 Å². The van der Waals surface area contributed by atoms with Crippen molar-refractivity contribution >= 4 is 17.9 Å². The van der Waals surface area contributed by atoms with E-state index < -0.39 is 5.91 Å². The summed E-state index contributed by atoms with van der Waals surface area (Å²) in [6.07, 6.45) is 3.96. The first kappa shape index (κ1) is 22.1. The molecule has 3 rings (SSSR count). The smallest absolute Gasteiger partial charge is 0.268 e. The third-order valence-electron chi connectivity index (χ3n) is 4.52. The average molecular weight is 418 g/mol. The maximum Gasteiger partial charge on any atom is 0.268 e. The molecule has 0 saturated heterocycles. The zero-order chi connectivity index (χ0) is 21.9. The lowest BCUT2D eigenvalue weighted by Gasteiger charge is -2.13. The van der Waals surface area contributed by atoms with Crippen molar-refractivity contribution < 1.29 is 18.7 Å². The van der Waals surface area contributed by atoms with Crippen LogP contribution < -0.4 is 10.6 Å². The molecule has 0 aliphatic rings. The number of nitrogens with one attached hydrogen (secondary N) is 2. The Morgan fingerprint density at radius 2 is 1.71 bits per heavy atom. The van der Waals surface area contributed by atoms with Gasteiger partial charge in [-0.1, -0.05) is 49.4 Å². The Kier molecular flexibility index (Phi) is 8.20. The molecule has 31 heavy (non-hydrogen) atoms. The first-order valence-electron chi connectivity index (χ1n) is 10.2. The Bertz CT molecular complexity index is 1010. The second-order valence-corrected chi connectivity index (χ2v) is 6.90. The molecule has 6 heteroatoms. The van der Waals surface area contributed by atoms with Crippen molar-refractivity contribution in [3.8, 4) is 0 Å². The summed E-state index contributed by atoms with van der Waals surface area (Å²) in [5.74, 6) is -0.321. The minimum absolute atomic E-state index is 0.100. The molecule has 0 bridgehead atoms. The number of hydrogen-bond acceptors (Lipinski definition) is 4. The predicted octanol–water partition coefficient (Wildman–Crippen LogP) is 4.29. The quantitative estimate of drug-likeness (QED) is 0.380. The lowest BCUT2D eigenvalue weighted by Crippen LogP contribution is -2.34. The topological polar surface area (TPSA) is 80.6 Å². The molecule has 2 aromatic carbocycles. The summed E-state index contributed by atoms with van der Waals surface area (Å²) in [7, 11) is 0. The first-order valence-corrected chi connectivity index (χ1v) is 10.2. The molecule has 0 saturated carbocycles. The number of carbonyl (C=O) groups excluding carboxylic acids is 2. The van der Waals surface area contributed by atoms with Crippen molar-refractivity contribution in [3.05, 3.63) is 101 Å². The van der Waals surface area contributed by atoms with E-state index in [0.29, 0.717) is 31.1 Å². The van der Waals surface area contributed by atoms with Gasteiger partial charge in [0.25, 0.3) is 11.8 Å². The van der Waals surface area contributed by atoms with E-state index in [2.05, 4.69) is 17.6 Å². The van der Waals surface area contributed by atoms with Gasteiger partial charge in [0.2, 0.25) is 0 Å². The summed E-state index contributed by atoms with van der Waals surface area (Å²) in [5, 5.41) is 5.57. The molecule has 0 aliphatic heterocycles. The molecule has 2 N–H and O–H groups in total. The summed E-state index contributed by atoms with van der Waals surface area (Å²) in [5.41, 5.74) is 2.53. The van der Waals surface area contributed by atoms with Crippen LogP contribution >= 0.6 is 0 Å². The molecular weight excluding hydrogens is 392 g/mol. The van der Waals surface area contributed by atoms with Crippen molar-refractivity contribution in [2.24, 2.45) is 0 Å². The van der Waals surface area contributed by atoms with Crippen molar-refractivity contribution in [2.75, 3.05) is 6.61 Å². The van der Waals surface area contributed by atoms with Crippen molar-refractivity contribution in [1.82, 2.24) is 10.6 Å². The van der Waals surface area contributed by atoms with E-state index in [1.54, 1.807) is 36.4 Å². The van der Waals surface area contributed by atoms with Crippen LogP contribution in [0, 0.1) is 0 Å². The SMILES string of the molecule is CCCOCc1ccccc1CNC(=O)/C(=C/c1ccco1)NC(=O)c1ccccc1. The van der Waals surface area contributed by atoms with Crippen LogP contribution in [-0.4, -0.2) is 18.4 Å². The van der Waals surface area contributed by atoms with Gasteiger partial charge in [0.15, 0.2) is 0 Å². The molecular formula is C25H26N2O4. The Labute approximate surface area is 181 Å². The van der Waals surface area contributed by atoms with Gasteiger partial charge in [-0.2, -0.15) is 0 Å². The molecule has 160 valence electrons. The van der Waals surface area contributed by atoms with Crippen molar-refractivity contribution in [1.29, 1.82) is 0 Å². The number of carbonyl (C=O) groups is 2. The van der Waals surface area contributed by atoms with Crippen molar-refractivity contribution in [3.63, 3.8) is 0 Å². The first-order chi connectivity index (χ1) is 15.2. The molecule has 0 atom stereocenters. The maximum absolute atomic E-state index is 12.9. The third kappa shape index (κ3) is 6.69. The Morgan fingerprint density at radius 1 is 0.968 bits per heavy atom. The minimum atomic E-state index is -0.412. The second kappa shape index (κ2) is 11.5. The number of hydrogen-bond donors (Lipinski definition) is 2. The fraction of sp³-hybridized carbons (Fsp3) is 0.200. The minimum Gasteiger partial charge on any atom is -0.465 e. The predicted molar refractivity (Wildman–Crippen MR) is 119 cm³/mol. The van der Waals surface area contributed by atoms with Crippen LogP contribution in [0.3, 0.4) is 0 Å². The molecule has 6 nitrogen and oxygen atoms in total. The normalized spacial score (nSPS) is 11.2. The number of rotatable bonds is 10. The van der Waals surface area contributed by atoms with Crippen LogP contribution in [0.15, 0.2) is 83.1 Å². The van der Waals surface area contributed by atoms with E-state index in [4.69, 9.17) is 9.15 Å². The molecule has 1 heterocycles. The highest BCUT2D eigenvalue weighted by molar-refractivity contribution is 6.05. The van der Waals surface area contributed by atoms with E-state index in [1.807, 2.05) is 30.3 Å². The monoisotopic (exact) mass is 418 g/mol. The van der Waals surface area contributed by atoms with Crippen molar-refractivity contribution in [2.45, 2.75) is 26.5 Å². The van der Waals surface area contributed by atoms with Crippen LogP contribution in [0.1, 0.15) is 40.6 Å². The molecule has 1 aromatic heterocycles. The van der Waals surface area contributed by atoms with Crippen LogP contribution in [0.25, 0.3) is 6.08 Å². The lowest BCUT2D eigenvalue weighted by atomic mass is 10.1. The Morgan fingerprint density at radius 3 is 2.42 bits per heavy atom. The zero-order valence-electron chi connectivity index (χ0n) is 17.5. The van der Waals surface area contributed by atoms with Crippen LogP contribution in [0.2, 0.25) is 0 Å². The summed E-state index contributed by atoms with van der Waals surface area (Å²) < 4.78 is 11.0. The maximum atomic E-state index is 12.9. The highest BCUT2D eigenvalue weighted by atomic mass is 16.5. The molecule has 0 radical (unpaired) electrons. The van der Waals surface area contributed by atoms with Gasteiger partial charge in [-0.3, -0.25) is 9.59 Å². The molecule has 2 amide bonds. The van der Waals surface area contributed by atoms with Crippen LogP contribution in [0.4, 0.5) is 0 Å². The lowest BCUT2D eigenvalue weighted by molar-refractivity contribution is -0.117. The summed E-state index contributed by atoms with van der Waals surface area (Å²) >= 11 is 0. The van der Waals surface area contributed by atoms with Gasteiger partial charge in [0.05, 0.1) is 12.9 Å². The van der Waals surface area contributed by atoms with Gasteiger partial charge in [0, 0.05) is 24.8 Å². The molecule has 0 spiro atoms. The number of benzene rings is 2. The molecule has 0 aliphatic carbocycles. The third-order valence-corrected chi connectivity index (χ3v) is 4.52. The van der Waals surface area contributed by atoms with Crippen LogP contribution in [0.5, 0.6) is 0 Å². The fourth-order valence-corrected chi connectivity index (χ4v) is 2.93. The van der Waals surface area contributed by atoms with E-state index in [0.717, 1.165) is 17.5 Å². The van der Waals surface area contributed by atoms with Crippen LogP contribution in [-0.2, 0) is 22.7 Å². The summed E-state index contributed by atoms with van der Waals surface area (Å²) in [4.78, 5) is 25.5. The van der Waals surface area contributed by atoms with Gasteiger partial charge in [-0.25, -0.2) is 0 Å². The standard InChI is InChI=1S/C25H26N2O4/c1-2-14-30-18-21-12-7-6-11-20(21)17-26-25(29)23(16-22-13-8-15-31-22)27-24(28)19-9-4-3-5-10-19/h3-13,15-16H,2,14,17-18H2,1H3,(H,26,29)(H,27,28)/b23-16-. The highest BCUT2D eigenvalue weighted by Gasteiger charge is 2.15. The molecule has 3 aromatic rings. The number of amides is 2. The fourth-order valence-electron chi connectivity index (χ4n) is 2.93. The second-order valence-electron chi connectivity index (χ2n) is 6.90. The summed E-state index contributed by atoms with van der Waals surface area (Å²) in [6.45, 7) is 3.53. The Hall–Kier alpha value is -3.64. The zero-order valence-corrected chi connectivity index (χ0v) is 17.5. The van der Waals surface area contributed by atoms with Gasteiger partial charge in [-0.15, -0.1) is 0 Å². The van der Waals surface area contributed by atoms with E-state index >= 15 is 0 Å². The van der Waals surface area contributed by atoms with Gasteiger partial charge >= 0.3 is 0 Å². The van der Waals surface area contributed by atoms with Gasteiger partial charge in [-0.05, 0) is 41.8 Å². The average Bonchev–Trinajstić information content (AvgIpc) is 3.31. The van der Waals surface area contributed by atoms with Gasteiger partial charge in [0.1, 0.15) is 11.5 Å². The number of furan rings is 1. The Balaban J connectivity index is 1.72. The largest absolute Gasteiger partial charge is 0.465 e. The number of ether oxygens (including phenoxy) is 1. The molecule has 0 unspecified atom stereocenters. The highest BCUT2D eigenvalue weighted by Crippen LogP contribution is 2.12.